The molecule has 0 spiro atoms. The molecule has 0 unspecified atom stereocenters. The first-order valence-corrected chi connectivity index (χ1v) is 3.79. The number of hydrogen-bond donors (Lipinski definition) is 0. The predicted molar refractivity (Wildman–Crippen MR) is 37.7 cm³/mol. The van der Waals surface area contributed by atoms with Gasteiger partial charge in [-0.1, -0.05) is 0 Å². The van der Waals surface area contributed by atoms with Crippen LogP contribution in [-0.4, -0.2) is 6.61 Å². The summed E-state index contributed by atoms with van der Waals surface area (Å²) in [5.41, 5.74) is 0.716. The van der Waals surface area contributed by atoms with Crippen LogP contribution >= 0.6 is 11.3 Å². The zero-order valence-corrected chi connectivity index (χ0v) is 5.70. The van der Waals surface area contributed by atoms with E-state index in [9.17, 15) is 0 Å². The lowest BCUT2D eigenvalue weighted by Crippen LogP contribution is -2.05. The van der Waals surface area contributed by atoms with Crippen LogP contribution in [0, 0.1) is 0 Å². The van der Waals surface area contributed by atoms with Gasteiger partial charge in [-0.15, -0.1) is 11.3 Å². The summed E-state index contributed by atoms with van der Waals surface area (Å²) in [7, 11) is 0. The van der Waals surface area contributed by atoms with Crippen LogP contribution in [0.2, 0.25) is 0 Å². The fourth-order valence-electron chi connectivity index (χ4n) is 0.898. The van der Waals surface area contributed by atoms with Crippen molar-refractivity contribution in [1.82, 2.24) is 0 Å². The van der Waals surface area contributed by atoms with E-state index in [1.807, 2.05) is 5.38 Å². The van der Waals surface area contributed by atoms with Gasteiger partial charge in [-0.3, -0.25) is 0 Å². The lowest BCUT2D eigenvalue weighted by molar-refractivity contribution is 0.112. The molecule has 1 nitrogen and oxygen atoms in total. The topological polar surface area (TPSA) is 9.23 Å². The summed E-state index contributed by atoms with van der Waals surface area (Å²) in [5.74, 6) is 0. The fourth-order valence-corrected chi connectivity index (χ4v) is 1.70. The van der Waals surface area contributed by atoms with Gasteiger partial charge in [0.2, 0.25) is 0 Å². The molecule has 2 heteroatoms. The van der Waals surface area contributed by atoms with Crippen LogP contribution in [0.5, 0.6) is 0 Å². The highest BCUT2D eigenvalue weighted by Crippen LogP contribution is 2.21. The number of fused-ring (bicyclic) bond motifs is 1. The third-order valence-electron chi connectivity index (χ3n) is 1.36. The minimum Gasteiger partial charge on any atom is -0.376 e. The van der Waals surface area contributed by atoms with Gasteiger partial charge in [-0.05, 0) is 17.0 Å². The van der Waals surface area contributed by atoms with E-state index >= 15 is 0 Å². The molecule has 0 aliphatic carbocycles. The quantitative estimate of drug-likeness (QED) is 0.537. The average molecular weight is 142 g/mol. The van der Waals surface area contributed by atoms with Crippen molar-refractivity contribution in [3.63, 3.8) is 0 Å². The molecule has 0 radical (unpaired) electrons. The van der Waals surface area contributed by atoms with Crippen molar-refractivity contribution in [3.8, 4) is 0 Å². The van der Waals surface area contributed by atoms with Crippen LogP contribution in [-0.2, 0) is 17.7 Å². The van der Waals surface area contributed by atoms with E-state index in [-0.39, 0.29) is 0 Å². The zero-order chi connectivity index (χ0) is 7.90. The van der Waals surface area contributed by atoms with Gasteiger partial charge < -0.3 is 4.74 Å². The number of thiophene rings is 1. The maximum absolute atomic E-state index is 7.48. The molecule has 0 atom stereocenters. The lowest BCUT2D eigenvalue weighted by Gasteiger charge is -2.10. The van der Waals surface area contributed by atoms with Crippen molar-refractivity contribution in [1.29, 1.82) is 0 Å². The first-order chi connectivity index (χ1) is 5.20. The van der Waals surface area contributed by atoms with Crippen molar-refractivity contribution >= 4 is 11.3 Å². The van der Waals surface area contributed by atoms with Gasteiger partial charge in [0, 0.05) is 11.3 Å². The predicted octanol–water partition coefficient (Wildman–Crippen LogP) is 1.82. The smallest absolute Gasteiger partial charge is 0.0727 e. The maximum atomic E-state index is 7.48. The van der Waals surface area contributed by atoms with E-state index < -0.39 is 6.56 Å². The Morgan fingerprint density at radius 3 is 3.67 bits per heavy atom. The molecule has 2 heterocycles. The molecular weight excluding hydrogens is 132 g/mol. The second-order valence-electron chi connectivity index (χ2n) is 1.96. The summed E-state index contributed by atoms with van der Waals surface area (Å²) in [4.78, 5) is 1.13. The van der Waals surface area contributed by atoms with Gasteiger partial charge in [-0.25, -0.2) is 0 Å². The molecule has 0 bridgehead atoms. The molecule has 1 aliphatic rings. The number of ether oxygens (including phenoxy) is 1. The number of rotatable bonds is 0. The van der Waals surface area contributed by atoms with E-state index in [1.165, 1.54) is 0 Å². The molecule has 0 fully saturated rings. The summed E-state index contributed by atoms with van der Waals surface area (Å²) in [6.07, 6.45) is 0.854. The Balaban J connectivity index is 2.48. The maximum Gasteiger partial charge on any atom is 0.0727 e. The summed E-state index contributed by atoms with van der Waals surface area (Å²) >= 11 is 1.61. The molecule has 9 heavy (non-hydrogen) atoms. The first kappa shape index (κ1) is 3.74. The van der Waals surface area contributed by atoms with Crippen molar-refractivity contribution in [2.75, 3.05) is 6.61 Å². The largest absolute Gasteiger partial charge is 0.376 e. The Labute approximate surface area is 61.1 Å². The molecule has 0 saturated heterocycles. The second kappa shape index (κ2) is 2.12. The Bertz CT molecular complexity index is 269. The Kier molecular flexibility index (Phi) is 0.880. The minimum absolute atomic E-state index is 0.501. The van der Waals surface area contributed by atoms with E-state index in [0.717, 1.165) is 11.3 Å². The van der Waals surface area contributed by atoms with E-state index in [4.69, 9.17) is 7.48 Å². The van der Waals surface area contributed by atoms with Gasteiger partial charge in [0.25, 0.3) is 0 Å². The van der Waals surface area contributed by atoms with Gasteiger partial charge >= 0.3 is 0 Å². The average Bonchev–Trinajstić information content (AvgIpc) is 2.34. The van der Waals surface area contributed by atoms with Crippen molar-refractivity contribution in [3.05, 3.63) is 21.9 Å². The van der Waals surface area contributed by atoms with Gasteiger partial charge in [0.1, 0.15) is 0 Å². The molecule has 1 aromatic heterocycles. The normalized spacial score (nSPS) is 26.2. The third kappa shape index (κ3) is 0.884. The van der Waals surface area contributed by atoms with Crippen LogP contribution in [0.3, 0.4) is 0 Å². The molecule has 2 rings (SSSR count). The Morgan fingerprint density at radius 2 is 2.78 bits per heavy atom. The second-order valence-corrected chi connectivity index (χ2v) is 2.96. The zero-order valence-electron chi connectivity index (χ0n) is 6.89. The van der Waals surface area contributed by atoms with Gasteiger partial charge in [0.15, 0.2) is 0 Å². The Morgan fingerprint density at radius 1 is 1.78 bits per heavy atom. The lowest BCUT2D eigenvalue weighted by atomic mass is 10.2. The van der Waals surface area contributed by atoms with E-state index in [1.54, 1.807) is 17.4 Å². The first-order valence-electron chi connectivity index (χ1n) is 3.91. The molecular formula is C7H8OS. The standard InChI is InChI=1S/C7H8OS/c1-3-8-5-6-2-4-9-7(1)6/h2,4H,1,3,5H2/i5D2. The van der Waals surface area contributed by atoms with E-state index in [2.05, 4.69) is 0 Å². The van der Waals surface area contributed by atoms with Gasteiger partial charge in [0.05, 0.1) is 15.9 Å². The highest BCUT2D eigenvalue weighted by Gasteiger charge is 2.08. The van der Waals surface area contributed by atoms with Crippen molar-refractivity contribution in [2.45, 2.75) is 13.0 Å². The summed E-state index contributed by atoms with van der Waals surface area (Å²) in [6, 6.07) is 1.80. The fraction of sp³-hybridized carbons (Fsp3) is 0.429. The van der Waals surface area contributed by atoms with Crippen LogP contribution < -0.4 is 0 Å². The third-order valence-corrected chi connectivity index (χ3v) is 2.34. The molecule has 0 aromatic carbocycles. The van der Waals surface area contributed by atoms with Crippen molar-refractivity contribution < 1.29 is 7.48 Å². The van der Waals surface area contributed by atoms with Crippen molar-refractivity contribution in [2.24, 2.45) is 0 Å². The van der Waals surface area contributed by atoms with E-state index in [0.29, 0.717) is 12.2 Å². The van der Waals surface area contributed by atoms with Gasteiger partial charge in [-0.2, -0.15) is 0 Å². The number of hydrogen-bond acceptors (Lipinski definition) is 2. The molecule has 1 aliphatic heterocycles. The summed E-state index contributed by atoms with van der Waals surface area (Å²) in [6.45, 7) is -1.05. The highest BCUT2D eigenvalue weighted by atomic mass is 32.1. The van der Waals surface area contributed by atoms with Crippen LogP contribution in [0.1, 0.15) is 13.2 Å². The molecule has 0 saturated carbocycles. The highest BCUT2D eigenvalue weighted by molar-refractivity contribution is 7.10. The van der Waals surface area contributed by atoms with Crippen LogP contribution in [0.25, 0.3) is 0 Å². The molecule has 1 aromatic rings. The molecule has 0 N–H and O–H groups in total. The summed E-state index contributed by atoms with van der Waals surface area (Å²) in [5, 5.41) is 1.91. The molecule has 0 amide bonds. The minimum atomic E-state index is -1.55. The monoisotopic (exact) mass is 142 g/mol. The Hall–Kier alpha value is -0.340. The molecule has 48 valence electrons. The van der Waals surface area contributed by atoms with Crippen LogP contribution in [0.15, 0.2) is 11.4 Å². The van der Waals surface area contributed by atoms with Crippen LogP contribution in [0.4, 0.5) is 0 Å². The SMILES string of the molecule is [2H]C1([2H])OCCc2sccc21. The summed E-state index contributed by atoms with van der Waals surface area (Å²) < 4.78 is 19.9.